The van der Waals surface area contributed by atoms with Gasteiger partial charge in [0.1, 0.15) is 0 Å². The molecule has 0 aliphatic heterocycles. The summed E-state index contributed by atoms with van der Waals surface area (Å²) in [6.45, 7) is 0. The van der Waals surface area contributed by atoms with E-state index in [1.165, 1.54) is 6.20 Å². The highest BCUT2D eigenvalue weighted by atomic mass is 16.3. The molecule has 1 aliphatic carbocycles. The Morgan fingerprint density at radius 1 is 1.30 bits per heavy atom. The molecular weight excluding hydrogens is 250 g/mol. The van der Waals surface area contributed by atoms with Crippen molar-refractivity contribution in [1.82, 2.24) is 0 Å². The van der Waals surface area contributed by atoms with Gasteiger partial charge >= 0.3 is 0 Å². The molecule has 0 saturated carbocycles. The predicted octanol–water partition coefficient (Wildman–Crippen LogP) is 2.05. The highest BCUT2D eigenvalue weighted by molar-refractivity contribution is 5.67. The van der Waals surface area contributed by atoms with Gasteiger partial charge in [-0.25, -0.2) is 0 Å². The van der Waals surface area contributed by atoms with E-state index in [0.717, 1.165) is 16.7 Å². The van der Waals surface area contributed by atoms with E-state index in [1.807, 2.05) is 30.3 Å². The third kappa shape index (κ3) is 2.42. The molecule has 0 aromatic heterocycles. The summed E-state index contributed by atoms with van der Waals surface area (Å²) in [4.78, 5) is 0. The number of allylic oxidation sites excluding steroid dienone is 2. The number of rotatable bonds is 4. The normalized spacial score (nSPS) is 19.8. The molecular formula is C16H15N3O. The topological polar surface area (TPSA) is 93.8 Å². The summed E-state index contributed by atoms with van der Waals surface area (Å²) in [5.41, 5.74) is 8.38. The standard InChI is InChI=1S/C16H15N3O/c17-7-3-5-12-8-11-4-1-2-6-13(11)16(12)14(9-18)15(20)10-19/h1-4,6-8,14-16,20H,5,17H2. The highest BCUT2D eigenvalue weighted by Gasteiger charge is 2.35. The fraction of sp³-hybridized carbons (Fsp3) is 0.250. The second-order valence-electron chi connectivity index (χ2n) is 4.69. The molecule has 1 aliphatic rings. The zero-order valence-electron chi connectivity index (χ0n) is 10.9. The molecule has 0 bridgehead atoms. The second-order valence-corrected chi connectivity index (χ2v) is 4.69. The molecule has 4 nitrogen and oxygen atoms in total. The molecule has 0 heterocycles. The first-order chi connectivity index (χ1) is 9.72. The SMILES string of the molecule is N#CC(O)C(C#N)C1C(CC=CN)=Cc2ccccc21. The minimum atomic E-state index is -1.30. The zero-order valence-corrected chi connectivity index (χ0v) is 10.9. The van der Waals surface area contributed by atoms with Crippen LogP contribution in [0.15, 0.2) is 42.1 Å². The third-order valence-electron chi connectivity index (χ3n) is 3.54. The monoisotopic (exact) mass is 265 g/mol. The molecule has 0 spiro atoms. The number of nitrogens with zero attached hydrogens (tertiary/aromatic N) is 2. The van der Waals surface area contributed by atoms with Gasteiger partial charge in [-0.3, -0.25) is 0 Å². The second kappa shape index (κ2) is 6.06. The highest BCUT2D eigenvalue weighted by Crippen LogP contribution is 2.43. The number of nitriles is 2. The summed E-state index contributed by atoms with van der Waals surface area (Å²) < 4.78 is 0. The van der Waals surface area contributed by atoms with Crippen LogP contribution < -0.4 is 5.73 Å². The first-order valence-electron chi connectivity index (χ1n) is 6.36. The zero-order chi connectivity index (χ0) is 14.5. The first-order valence-corrected chi connectivity index (χ1v) is 6.36. The van der Waals surface area contributed by atoms with Gasteiger partial charge in [-0.15, -0.1) is 0 Å². The number of hydrogen-bond donors (Lipinski definition) is 2. The summed E-state index contributed by atoms with van der Waals surface area (Å²) in [5.74, 6) is -1.04. The van der Waals surface area contributed by atoms with Crippen molar-refractivity contribution < 1.29 is 5.11 Å². The Morgan fingerprint density at radius 2 is 2.05 bits per heavy atom. The van der Waals surface area contributed by atoms with E-state index in [0.29, 0.717) is 6.42 Å². The maximum Gasteiger partial charge on any atom is 0.157 e. The molecule has 2 rings (SSSR count). The van der Waals surface area contributed by atoms with Crippen LogP contribution in [0.1, 0.15) is 23.5 Å². The van der Waals surface area contributed by atoms with E-state index in [4.69, 9.17) is 11.0 Å². The summed E-state index contributed by atoms with van der Waals surface area (Å²) in [6, 6.07) is 11.6. The number of benzene rings is 1. The number of fused-ring (bicyclic) bond motifs is 1. The van der Waals surface area contributed by atoms with Crippen molar-refractivity contribution in [3.8, 4) is 12.1 Å². The summed E-state index contributed by atoms with van der Waals surface area (Å²) in [7, 11) is 0. The molecule has 1 aromatic rings. The van der Waals surface area contributed by atoms with Crippen LogP contribution in [-0.2, 0) is 0 Å². The largest absolute Gasteiger partial charge is 0.405 e. The van der Waals surface area contributed by atoms with Crippen LogP contribution in [0.5, 0.6) is 0 Å². The number of aliphatic hydroxyl groups is 1. The molecule has 3 N–H and O–H groups in total. The van der Waals surface area contributed by atoms with Crippen LogP contribution in [0.25, 0.3) is 6.08 Å². The average molecular weight is 265 g/mol. The van der Waals surface area contributed by atoms with Crippen LogP contribution in [0.2, 0.25) is 0 Å². The predicted molar refractivity (Wildman–Crippen MR) is 75.8 cm³/mol. The Hall–Kier alpha value is -2.56. The van der Waals surface area contributed by atoms with Crippen molar-refractivity contribution >= 4 is 6.08 Å². The van der Waals surface area contributed by atoms with Crippen molar-refractivity contribution in [2.24, 2.45) is 11.7 Å². The maximum atomic E-state index is 9.79. The van der Waals surface area contributed by atoms with Crippen LogP contribution in [0, 0.1) is 28.6 Å². The van der Waals surface area contributed by atoms with Gasteiger partial charge in [0.05, 0.1) is 18.1 Å². The minimum Gasteiger partial charge on any atom is -0.405 e. The first kappa shape index (κ1) is 13.9. The van der Waals surface area contributed by atoms with E-state index in [9.17, 15) is 10.4 Å². The molecule has 0 radical (unpaired) electrons. The molecule has 20 heavy (non-hydrogen) atoms. The van der Waals surface area contributed by atoms with Crippen molar-refractivity contribution in [2.45, 2.75) is 18.4 Å². The molecule has 3 unspecified atom stereocenters. The van der Waals surface area contributed by atoms with Gasteiger partial charge in [0.15, 0.2) is 6.10 Å². The fourth-order valence-electron chi connectivity index (χ4n) is 2.64. The minimum absolute atomic E-state index is 0.262. The summed E-state index contributed by atoms with van der Waals surface area (Å²) in [6.07, 6.45) is 4.57. The smallest absolute Gasteiger partial charge is 0.157 e. The Kier molecular flexibility index (Phi) is 4.20. The molecule has 0 fully saturated rings. The van der Waals surface area contributed by atoms with Crippen LogP contribution >= 0.6 is 0 Å². The van der Waals surface area contributed by atoms with Crippen molar-refractivity contribution in [3.05, 3.63) is 53.2 Å². The van der Waals surface area contributed by atoms with Gasteiger partial charge in [-0.05, 0) is 23.7 Å². The van der Waals surface area contributed by atoms with E-state index in [-0.39, 0.29) is 5.92 Å². The lowest BCUT2D eigenvalue weighted by Crippen LogP contribution is -2.24. The van der Waals surface area contributed by atoms with Gasteiger partial charge in [0.25, 0.3) is 0 Å². The Labute approximate surface area is 118 Å². The van der Waals surface area contributed by atoms with Crippen molar-refractivity contribution in [2.75, 3.05) is 0 Å². The van der Waals surface area contributed by atoms with Crippen LogP contribution in [0.3, 0.4) is 0 Å². The molecule has 0 saturated heterocycles. The summed E-state index contributed by atoms with van der Waals surface area (Å²) >= 11 is 0. The van der Waals surface area contributed by atoms with Gasteiger partial charge < -0.3 is 10.8 Å². The van der Waals surface area contributed by atoms with Crippen molar-refractivity contribution in [1.29, 1.82) is 10.5 Å². The van der Waals surface area contributed by atoms with Gasteiger partial charge in [-0.1, -0.05) is 42.0 Å². The van der Waals surface area contributed by atoms with E-state index in [2.05, 4.69) is 6.07 Å². The fourth-order valence-corrected chi connectivity index (χ4v) is 2.64. The number of hydrogen-bond acceptors (Lipinski definition) is 4. The van der Waals surface area contributed by atoms with E-state index in [1.54, 1.807) is 12.1 Å². The maximum absolute atomic E-state index is 9.79. The van der Waals surface area contributed by atoms with E-state index >= 15 is 0 Å². The Bertz CT molecular complexity index is 634. The lowest BCUT2D eigenvalue weighted by atomic mass is 9.80. The molecule has 100 valence electrons. The number of aliphatic hydroxyl groups excluding tert-OH is 1. The van der Waals surface area contributed by atoms with Crippen LogP contribution in [0.4, 0.5) is 0 Å². The average Bonchev–Trinajstić information content (AvgIpc) is 2.84. The lowest BCUT2D eigenvalue weighted by molar-refractivity contribution is 0.177. The molecule has 4 heteroatoms. The molecule has 3 atom stereocenters. The molecule has 0 amide bonds. The van der Waals surface area contributed by atoms with Gasteiger partial charge in [0.2, 0.25) is 0 Å². The lowest BCUT2D eigenvalue weighted by Gasteiger charge is -2.22. The summed E-state index contributed by atoms with van der Waals surface area (Å²) in [5, 5.41) is 28.0. The Morgan fingerprint density at radius 3 is 2.70 bits per heavy atom. The molecule has 1 aromatic carbocycles. The third-order valence-corrected chi connectivity index (χ3v) is 3.54. The Balaban J connectivity index is 2.44. The van der Waals surface area contributed by atoms with Gasteiger partial charge in [-0.2, -0.15) is 10.5 Å². The quantitative estimate of drug-likeness (QED) is 0.815. The van der Waals surface area contributed by atoms with Crippen molar-refractivity contribution in [3.63, 3.8) is 0 Å². The number of nitrogens with two attached hydrogens (primary N) is 1. The van der Waals surface area contributed by atoms with Gasteiger partial charge in [0, 0.05) is 5.92 Å². The van der Waals surface area contributed by atoms with Crippen LogP contribution in [-0.4, -0.2) is 11.2 Å². The van der Waals surface area contributed by atoms with E-state index < -0.39 is 12.0 Å².